The number of aryl methyl sites for hydroxylation is 1. The van der Waals surface area contributed by atoms with Gasteiger partial charge in [0, 0.05) is 13.6 Å². The van der Waals surface area contributed by atoms with Gasteiger partial charge in [0.2, 0.25) is 11.9 Å². The fraction of sp³-hybridized carbons (Fsp3) is 0.200. The van der Waals surface area contributed by atoms with E-state index in [2.05, 4.69) is 15.3 Å². The SMILES string of the molecule is Cn1c(=O)[nH]c(=O)c2c1nc(NCc1ccccc1)n2CC(N)=O. The number of fused-ring (bicyclic) bond motifs is 1. The van der Waals surface area contributed by atoms with Crippen molar-refractivity contribution >= 4 is 23.0 Å². The lowest BCUT2D eigenvalue weighted by Crippen LogP contribution is -2.30. The number of aromatic amines is 1. The first-order valence-corrected chi connectivity index (χ1v) is 7.23. The number of rotatable bonds is 5. The molecule has 9 nitrogen and oxygen atoms in total. The van der Waals surface area contributed by atoms with Crippen molar-refractivity contribution in [2.24, 2.45) is 12.8 Å². The van der Waals surface area contributed by atoms with Crippen LogP contribution in [0.5, 0.6) is 0 Å². The summed E-state index contributed by atoms with van der Waals surface area (Å²) in [6.07, 6.45) is 0. The number of nitrogens with zero attached hydrogens (tertiary/aromatic N) is 3. The minimum Gasteiger partial charge on any atom is -0.368 e. The summed E-state index contributed by atoms with van der Waals surface area (Å²) in [6, 6.07) is 9.56. The average molecular weight is 328 g/mol. The lowest BCUT2D eigenvalue weighted by molar-refractivity contribution is -0.118. The van der Waals surface area contributed by atoms with Gasteiger partial charge in [-0.05, 0) is 5.56 Å². The van der Waals surface area contributed by atoms with E-state index < -0.39 is 17.2 Å². The number of aromatic nitrogens is 4. The molecule has 0 saturated carbocycles. The standard InChI is InChI=1S/C15H16N6O3/c1-20-12-11(13(23)19-15(20)24)21(8-10(16)22)14(18-12)17-7-9-5-3-2-4-6-9/h2-6H,7-8H2,1H3,(H2,16,22)(H,17,18)(H,19,23,24). The number of carbonyl (C=O) groups is 1. The number of imidazole rings is 1. The summed E-state index contributed by atoms with van der Waals surface area (Å²) in [5, 5.41) is 3.07. The zero-order chi connectivity index (χ0) is 17.3. The Bertz CT molecular complexity index is 1020. The van der Waals surface area contributed by atoms with Crippen LogP contribution >= 0.6 is 0 Å². The second-order valence-corrected chi connectivity index (χ2v) is 5.32. The Balaban J connectivity index is 2.10. The average Bonchev–Trinajstić information content (AvgIpc) is 2.90. The van der Waals surface area contributed by atoms with E-state index in [-0.39, 0.29) is 17.7 Å². The number of amides is 1. The maximum Gasteiger partial charge on any atom is 0.329 e. The van der Waals surface area contributed by atoms with Gasteiger partial charge >= 0.3 is 5.69 Å². The number of nitrogens with two attached hydrogens (primary N) is 1. The lowest BCUT2D eigenvalue weighted by Gasteiger charge is -2.08. The summed E-state index contributed by atoms with van der Waals surface area (Å²) < 4.78 is 2.58. The van der Waals surface area contributed by atoms with E-state index in [1.165, 1.54) is 16.2 Å². The predicted octanol–water partition coefficient (Wildman–Crippen LogP) is -0.479. The van der Waals surface area contributed by atoms with Crippen LogP contribution in [0.4, 0.5) is 5.95 Å². The Hall–Kier alpha value is -3.36. The molecule has 1 aromatic carbocycles. The van der Waals surface area contributed by atoms with Crippen molar-refractivity contribution < 1.29 is 4.79 Å². The monoisotopic (exact) mass is 328 g/mol. The molecular weight excluding hydrogens is 312 g/mol. The van der Waals surface area contributed by atoms with Crippen LogP contribution < -0.4 is 22.3 Å². The number of hydrogen-bond donors (Lipinski definition) is 3. The van der Waals surface area contributed by atoms with Crippen LogP contribution in [0.2, 0.25) is 0 Å². The molecule has 0 saturated heterocycles. The second kappa shape index (κ2) is 6.03. The molecule has 24 heavy (non-hydrogen) atoms. The number of carbonyl (C=O) groups excluding carboxylic acids is 1. The van der Waals surface area contributed by atoms with Crippen LogP contribution in [-0.2, 0) is 24.9 Å². The van der Waals surface area contributed by atoms with Crippen molar-refractivity contribution in [3.63, 3.8) is 0 Å². The van der Waals surface area contributed by atoms with E-state index in [1.54, 1.807) is 0 Å². The Morgan fingerprint density at radius 2 is 2.00 bits per heavy atom. The van der Waals surface area contributed by atoms with Crippen LogP contribution in [0.25, 0.3) is 11.2 Å². The summed E-state index contributed by atoms with van der Waals surface area (Å²) >= 11 is 0. The quantitative estimate of drug-likeness (QED) is 0.583. The van der Waals surface area contributed by atoms with Crippen LogP contribution in [0.3, 0.4) is 0 Å². The molecule has 0 atom stereocenters. The third-order valence-corrected chi connectivity index (χ3v) is 3.61. The first-order chi connectivity index (χ1) is 11.5. The van der Waals surface area contributed by atoms with E-state index in [4.69, 9.17) is 5.73 Å². The van der Waals surface area contributed by atoms with Crippen molar-refractivity contribution in [1.82, 2.24) is 19.1 Å². The maximum absolute atomic E-state index is 12.1. The molecule has 0 fully saturated rings. The highest BCUT2D eigenvalue weighted by Crippen LogP contribution is 2.16. The Labute approximate surface area is 135 Å². The third-order valence-electron chi connectivity index (χ3n) is 3.61. The zero-order valence-electron chi connectivity index (χ0n) is 12.9. The molecule has 3 aromatic rings. The first kappa shape index (κ1) is 15.5. The van der Waals surface area contributed by atoms with Crippen molar-refractivity contribution in [2.45, 2.75) is 13.1 Å². The van der Waals surface area contributed by atoms with Gasteiger partial charge < -0.3 is 11.1 Å². The van der Waals surface area contributed by atoms with Crippen LogP contribution in [0.1, 0.15) is 5.56 Å². The Morgan fingerprint density at radius 1 is 1.29 bits per heavy atom. The molecule has 0 unspecified atom stereocenters. The minimum atomic E-state index is -0.620. The highest BCUT2D eigenvalue weighted by molar-refractivity contribution is 5.80. The van der Waals surface area contributed by atoms with Gasteiger partial charge in [-0.1, -0.05) is 30.3 Å². The first-order valence-electron chi connectivity index (χ1n) is 7.23. The topological polar surface area (TPSA) is 128 Å². The normalized spacial score (nSPS) is 10.9. The Morgan fingerprint density at radius 3 is 2.67 bits per heavy atom. The van der Waals surface area contributed by atoms with Gasteiger partial charge in [0.1, 0.15) is 6.54 Å². The van der Waals surface area contributed by atoms with E-state index in [0.717, 1.165) is 5.56 Å². The summed E-state index contributed by atoms with van der Waals surface area (Å²) in [6.45, 7) is 0.212. The van der Waals surface area contributed by atoms with E-state index in [9.17, 15) is 14.4 Å². The second-order valence-electron chi connectivity index (χ2n) is 5.32. The van der Waals surface area contributed by atoms with Gasteiger partial charge in [0.25, 0.3) is 5.56 Å². The summed E-state index contributed by atoms with van der Waals surface area (Å²) in [4.78, 5) is 41.7. The molecule has 0 aliphatic carbocycles. The number of primary amides is 1. The van der Waals surface area contributed by atoms with Gasteiger partial charge in [0.15, 0.2) is 11.2 Å². The molecule has 124 valence electrons. The number of H-pyrrole nitrogens is 1. The highest BCUT2D eigenvalue weighted by atomic mass is 16.2. The Kier molecular flexibility index (Phi) is 3.90. The van der Waals surface area contributed by atoms with Gasteiger partial charge in [-0.25, -0.2) is 4.79 Å². The summed E-state index contributed by atoms with van der Waals surface area (Å²) in [7, 11) is 1.49. The molecule has 0 radical (unpaired) electrons. The molecule has 2 heterocycles. The predicted molar refractivity (Wildman–Crippen MR) is 88.6 cm³/mol. The van der Waals surface area contributed by atoms with Crippen molar-refractivity contribution in [2.75, 3.05) is 5.32 Å². The van der Waals surface area contributed by atoms with Crippen molar-refractivity contribution in [1.29, 1.82) is 0 Å². The van der Waals surface area contributed by atoms with E-state index in [0.29, 0.717) is 12.5 Å². The maximum atomic E-state index is 12.1. The van der Waals surface area contributed by atoms with Crippen molar-refractivity contribution in [3.05, 3.63) is 56.7 Å². The van der Waals surface area contributed by atoms with Gasteiger partial charge in [0.05, 0.1) is 0 Å². The molecule has 2 aromatic heterocycles. The van der Waals surface area contributed by atoms with Crippen molar-refractivity contribution in [3.8, 4) is 0 Å². The van der Waals surface area contributed by atoms with Crippen LogP contribution in [0, 0.1) is 0 Å². The molecule has 0 spiro atoms. The molecule has 0 bridgehead atoms. The molecule has 9 heteroatoms. The fourth-order valence-electron chi connectivity index (χ4n) is 2.46. The lowest BCUT2D eigenvalue weighted by atomic mass is 10.2. The van der Waals surface area contributed by atoms with E-state index >= 15 is 0 Å². The highest BCUT2D eigenvalue weighted by Gasteiger charge is 2.18. The number of hydrogen-bond acceptors (Lipinski definition) is 5. The fourth-order valence-corrected chi connectivity index (χ4v) is 2.46. The minimum absolute atomic E-state index is 0.117. The molecule has 1 amide bonds. The molecule has 4 N–H and O–H groups in total. The zero-order valence-corrected chi connectivity index (χ0v) is 12.9. The molecule has 3 rings (SSSR count). The van der Waals surface area contributed by atoms with Crippen LogP contribution in [-0.4, -0.2) is 25.0 Å². The summed E-state index contributed by atoms with van der Waals surface area (Å²) in [5.41, 5.74) is 5.38. The number of anilines is 1. The van der Waals surface area contributed by atoms with Gasteiger partial charge in [-0.2, -0.15) is 4.98 Å². The van der Waals surface area contributed by atoms with Crippen LogP contribution in [0.15, 0.2) is 39.9 Å². The number of nitrogens with one attached hydrogen (secondary N) is 2. The molecule has 0 aliphatic heterocycles. The third kappa shape index (κ3) is 2.78. The van der Waals surface area contributed by atoms with E-state index in [1.807, 2.05) is 30.3 Å². The summed E-state index contributed by atoms with van der Waals surface area (Å²) in [5.74, 6) is -0.329. The van der Waals surface area contributed by atoms with Gasteiger partial charge in [-0.15, -0.1) is 0 Å². The smallest absolute Gasteiger partial charge is 0.329 e. The van der Waals surface area contributed by atoms with Gasteiger partial charge in [-0.3, -0.25) is 23.7 Å². The largest absolute Gasteiger partial charge is 0.368 e. The number of benzene rings is 1. The molecular formula is C15H16N6O3. The molecule has 0 aliphatic rings.